The van der Waals surface area contributed by atoms with Crippen molar-refractivity contribution in [3.63, 3.8) is 0 Å². The van der Waals surface area contributed by atoms with E-state index in [4.69, 9.17) is 0 Å². The first-order valence-corrected chi connectivity index (χ1v) is 5.96. The predicted octanol–water partition coefficient (Wildman–Crippen LogP) is 0.758. The molecule has 0 amide bonds. The number of nitrogens with zero attached hydrogens (tertiary/aromatic N) is 2. The standard InChI is InChI=1S/C9H13N3OS.ClH/c13-14(8-1-3-10-4-2-8)9-7-11-5-6-12-9;/h5-8,10H,1-4H2;1H. The summed E-state index contributed by atoms with van der Waals surface area (Å²) in [5.74, 6) is 0. The van der Waals surface area contributed by atoms with Crippen molar-refractivity contribution < 1.29 is 4.21 Å². The highest BCUT2D eigenvalue weighted by atomic mass is 35.5. The Morgan fingerprint density at radius 3 is 2.67 bits per heavy atom. The molecule has 1 aliphatic heterocycles. The monoisotopic (exact) mass is 247 g/mol. The summed E-state index contributed by atoms with van der Waals surface area (Å²) in [5, 5.41) is 4.10. The van der Waals surface area contributed by atoms with Gasteiger partial charge in [0.15, 0.2) is 0 Å². The van der Waals surface area contributed by atoms with Crippen molar-refractivity contribution in [2.24, 2.45) is 0 Å². The first-order valence-electron chi connectivity index (χ1n) is 4.75. The third-order valence-corrected chi connectivity index (χ3v) is 4.03. The van der Waals surface area contributed by atoms with Crippen LogP contribution in [0.4, 0.5) is 0 Å². The summed E-state index contributed by atoms with van der Waals surface area (Å²) in [5.41, 5.74) is 0. The lowest BCUT2D eigenvalue weighted by Gasteiger charge is -2.21. The average Bonchev–Trinajstić information content (AvgIpc) is 2.30. The summed E-state index contributed by atoms with van der Waals surface area (Å²) >= 11 is 0. The quantitative estimate of drug-likeness (QED) is 0.838. The summed E-state index contributed by atoms with van der Waals surface area (Å²) < 4.78 is 12.0. The number of rotatable bonds is 2. The molecule has 15 heavy (non-hydrogen) atoms. The Balaban J connectivity index is 0.00000112. The largest absolute Gasteiger partial charge is 0.317 e. The smallest absolute Gasteiger partial charge is 0.145 e. The van der Waals surface area contributed by atoms with Crippen LogP contribution < -0.4 is 5.32 Å². The average molecular weight is 248 g/mol. The second-order valence-corrected chi connectivity index (χ2v) is 4.97. The van der Waals surface area contributed by atoms with Gasteiger partial charge >= 0.3 is 0 Å². The molecular formula is C9H14ClN3OS. The summed E-state index contributed by atoms with van der Waals surface area (Å²) in [4.78, 5) is 8.00. The molecule has 4 nitrogen and oxygen atoms in total. The Bertz CT molecular complexity index is 316. The van der Waals surface area contributed by atoms with Crippen LogP contribution in [0.5, 0.6) is 0 Å². The predicted molar refractivity (Wildman–Crippen MR) is 61.6 cm³/mol. The van der Waals surface area contributed by atoms with E-state index < -0.39 is 10.8 Å². The normalized spacial score (nSPS) is 19.2. The van der Waals surface area contributed by atoms with Crippen LogP contribution in [0.1, 0.15) is 12.8 Å². The van der Waals surface area contributed by atoms with Crippen LogP contribution in [-0.4, -0.2) is 32.5 Å². The number of hydrogen-bond acceptors (Lipinski definition) is 4. The molecule has 0 aliphatic carbocycles. The molecule has 1 fully saturated rings. The number of nitrogens with one attached hydrogen (secondary N) is 1. The van der Waals surface area contributed by atoms with Crippen molar-refractivity contribution in [1.29, 1.82) is 0 Å². The van der Waals surface area contributed by atoms with Crippen molar-refractivity contribution in [1.82, 2.24) is 15.3 Å². The zero-order chi connectivity index (χ0) is 9.80. The van der Waals surface area contributed by atoms with Crippen molar-refractivity contribution in [3.8, 4) is 0 Å². The van der Waals surface area contributed by atoms with Gasteiger partial charge in [-0.05, 0) is 25.9 Å². The van der Waals surface area contributed by atoms with Crippen LogP contribution in [0.3, 0.4) is 0 Å². The molecule has 0 bridgehead atoms. The lowest BCUT2D eigenvalue weighted by atomic mass is 10.2. The van der Waals surface area contributed by atoms with Gasteiger partial charge in [0.2, 0.25) is 0 Å². The zero-order valence-electron chi connectivity index (χ0n) is 8.26. The van der Waals surface area contributed by atoms with Crippen LogP contribution in [0.15, 0.2) is 23.6 Å². The molecule has 1 saturated heterocycles. The molecule has 2 rings (SSSR count). The lowest BCUT2D eigenvalue weighted by molar-refractivity contribution is 0.518. The van der Waals surface area contributed by atoms with Gasteiger partial charge in [-0.15, -0.1) is 12.4 Å². The van der Waals surface area contributed by atoms with Crippen LogP contribution in [0.25, 0.3) is 0 Å². The second kappa shape index (κ2) is 6.15. The molecule has 1 unspecified atom stereocenters. The summed E-state index contributed by atoms with van der Waals surface area (Å²) in [7, 11) is -0.983. The van der Waals surface area contributed by atoms with Crippen molar-refractivity contribution in [2.75, 3.05) is 13.1 Å². The van der Waals surface area contributed by atoms with Crippen molar-refractivity contribution >= 4 is 23.2 Å². The maximum atomic E-state index is 12.0. The SMILES string of the molecule is Cl.O=S(c1cnccn1)C1CCNCC1. The van der Waals surface area contributed by atoms with Gasteiger partial charge < -0.3 is 5.32 Å². The molecule has 0 spiro atoms. The van der Waals surface area contributed by atoms with Gasteiger partial charge in [0, 0.05) is 17.6 Å². The van der Waals surface area contributed by atoms with E-state index in [0.717, 1.165) is 25.9 Å². The Morgan fingerprint density at radius 2 is 2.07 bits per heavy atom. The van der Waals surface area contributed by atoms with Gasteiger partial charge in [0.05, 0.1) is 17.0 Å². The number of halogens is 1. The fourth-order valence-electron chi connectivity index (χ4n) is 1.57. The molecule has 1 atom stereocenters. The van der Waals surface area contributed by atoms with Crippen LogP contribution in [0, 0.1) is 0 Å². The highest BCUT2D eigenvalue weighted by Crippen LogP contribution is 2.15. The van der Waals surface area contributed by atoms with Crippen molar-refractivity contribution in [2.45, 2.75) is 23.1 Å². The molecule has 1 N–H and O–H groups in total. The minimum atomic E-state index is -0.983. The maximum absolute atomic E-state index is 12.0. The fourth-order valence-corrected chi connectivity index (χ4v) is 2.90. The molecule has 2 heterocycles. The van der Waals surface area contributed by atoms with Crippen LogP contribution >= 0.6 is 12.4 Å². The van der Waals surface area contributed by atoms with Gasteiger partial charge in [0.25, 0.3) is 0 Å². The summed E-state index contributed by atoms with van der Waals surface area (Å²) in [6.45, 7) is 1.91. The third-order valence-electron chi connectivity index (χ3n) is 2.33. The molecule has 0 aromatic carbocycles. The molecule has 0 saturated carbocycles. The summed E-state index contributed by atoms with van der Waals surface area (Å²) in [6.07, 6.45) is 6.71. The zero-order valence-corrected chi connectivity index (χ0v) is 9.89. The van der Waals surface area contributed by atoms with E-state index in [-0.39, 0.29) is 17.7 Å². The van der Waals surface area contributed by atoms with Gasteiger partial charge in [0.1, 0.15) is 5.03 Å². The minimum absolute atomic E-state index is 0. The molecule has 0 radical (unpaired) electrons. The fraction of sp³-hybridized carbons (Fsp3) is 0.556. The number of hydrogen-bond donors (Lipinski definition) is 1. The molecule has 1 aliphatic rings. The molecule has 1 aromatic rings. The van der Waals surface area contributed by atoms with Gasteiger partial charge in [-0.25, -0.2) is 4.98 Å². The first-order chi connectivity index (χ1) is 6.88. The summed E-state index contributed by atoms with van der Waals surface area (Å²) in [6, 6.07) is 0. The second-order valence-electron chi connectivity index (χ2n) is 3.29. The molecule has 6 heteroatoms. The minimum Gasteiger partial charge on any atom is -0.317 e. The Kier molecular flexibility index (Phi) is 5.14. The third kappa shape index (κ3) is 3.22. The van der Waals surface area contributed by atoms with Gasteiger partial charge in [-0.2, -0.15) is 0 Å². The van der Waals surface area contributed by atoms with E-state index >= 15 is 0 Å². The number of piperidine rings is 1. The van der Waals surface area contributed by atoms with E-state index in [2.05, 4.69) is 15.3 Å². The topological polar surface area (TPSA) is 54.9 Å². The first kappa shape index (κ1) is 12.5. The van der Waals surface area contributed by atoms with E-state index in [0.29, 0.717) is 5.03 Å². The van der Waals surface area contributed by atoms with E-state index in [1.54, 1.807) is 18.6 Å². The van der Waals surface area contributed by atoms with Gasteiger partial charge in [-0.3, -0.25) is 9.19 Å². The van der Waals surface area contributed by atoms with E-state index in [1.807, 2.05) is 0 Å². The van der Waals surface area contributed by atoms with E-state index in [9.17, 15) is 4.21 Å². The Labute approximate surface area is 97.8 Å². The highest BCUT2D eigenvalue weighted by molar-refractivity contribution is 7.85. The Morgan fingerprint density at radius 1 is 1.33 bits per heavy atom. The lowest BCUT2D eigenvalue weighted by Crippen LogP contribution is -2.33. The number of aromatic nitrogens is 2. The van der Waals surface area contributed by atoms with Crippen LogP contribution in [0.2, 0.25) is 0 Å². The Hall–Kier alpha value is -0.520. The molecular weight excluding hydrogens is 234 g/mol. The maximum Gasteiger partial charge on any atom is 0.145 e. The van der Waals surface area contributed by atoms with Gasteiger partial charge in [-0.1, -0.05) is 0 Å². The molecule has 1 aromatic heterocycles. The highest BCUT2D eigenvalue weighted by Gasteiger charge is 2.21. The van der Waals surface area contributed by atoms with Crippen molar-refractivity contribution in [3.05, 3.63) is 18.6 Å². The van der Waals surface area contributed by atoms with E-state index in [1.165, 1.54) is 0 Å². The molecule has 84 valence electrons. The van der Waals surface area contributed by atoms with Crippen LogP contribution in [-0.2, 0) is 10.8 Å².